The third-order valence-electron chi connectivity index (χ3n) is 6.30. The lowest BCUT2D eigenvalue weighted by atomic mass is 10.1. The van der Waals surface area contributed by atoms with Crippen LogP contribution in [0.4, 0.5) is 5.82 Å². The van der Waals surface area contributed by atoms with Crippen molar-refractivity contribution in [3.05, 3.63) is 42.6 Å². The molecular formula is C20H26N7O14P3. The minimum Gasteiger partial charge on any atom is -0.508 e. The van der Waals surface area contributed by atoms with E-state index in [0.717, 1.165) is 10.9 Å². The summed E-state index contributed by atoms with van der Waals surface area (Å²) in [4.78, 5) is 48.9. The van der Waals surface area contributed by atoms with Crippen molar-refractivity contribution in [2.45, 2.75) is 31.0 Å². The van der Waals surface area contributed by atoms with Gasteiger partial charge in [0.15, 0.2) is 23.2 Å². The number of nitrogens with two attached hydrogens (primary N) is 1. The first-order chi connectivity index (χ1) is 20.6. The van der Waals surface area contributed by atoms with Crippen LogP contribution in [0.3, 0.4) is 0 Å². The van der Waals surface area contributed by atoms with E-state index in [9.17, 15) is 38.8 Å². The Morgan fingerprint density at radius 1 is 1.02 bits per heavy atom. The molecule has 1 aliphatic heterocycles. The summed E-state index contributed by atoms with van der Waals surface area (Å²) in [6, 6.07) is 4.82. The molecule has 1 aliphatic rings. The Hall–Kier alpha value is -2.84. The third kappa shape index (κ3) is 7.02. The summed E-state index contributed by atoms with van der Waals surface area (Å²) in [7, 11) is -16.9. The average molecular weight is 681 g/mol. The maximum absolute atomic E-state index is 12.1. The minimum atomic E-state index is -5.76. The lowest BCUT2D eigenvalue weighted by molar-refractivity contribution is -0.0503. The van der Waals surface area contributed by atoms with Crippen LogP contribution in [0, 0.1) is 0 Å². The highest BCUT2D eigenvalue weighted by Crippen LogP contribution is 2.66. The number of aliphatic hydroxyl groups excluding tert-OH is 2. The molecule has 5 rings (SSSR count). The molecule has 1 aromatic carbocycles. The SMILES string of the molecule is NCCc1cn(Nc2ncnc3c2ncn3[C@@H]2O[C@H](COP(=O)(O)OP(=O)(O)OP(=O)(O)O)C(O)C2O)c2ccc(O)cc12. The molecule has 240 valence electrons. The summed E-state index contributed by atoms with van der Waals surface area (Å²) in [5, 5.41) is 31.9. The topological polar surface area (TPSA) is 316 Å². The maximum Gasteiger partial charge on any atom is 0.490 e. The summed E-state index contributed by atoms with van der Waals surface area (Å²) >= 11 is 0. The standard InChI is InChI=1S/C20H26N7O14P3/c21-4-3-10-6-27(13-2-1-11(28)5-12(10)13)25-18-15-19(23-8-22-18)26(9-24-15)20-17(30)16(29)14(39-20)7-38-43(34,35)41-44(36,37)40-42(31,32)33/h1-2,5-6,8-9,14,16-17,20,28-30H,3-4,7,21H2,(H,34,35)(H,36,37)(H,22,23,25)(H2,31,32,33)/t14-,16?,17?,20-/m1/s1. The molecule has 0 spiro atoms. The zero-order valence-corrected chi connectivity index (χ0v) is 24.7. The Bertz CT molecular complexity index is 1830. The molecule has 0 saturated carbocycles. The molecule has 1 saturated heterocycles. The number of anilines is 1. The number of aliphatic hydroxyl groups is 2. The van der Waals surface area contributed by atoms with Gasteiger partial charge in [-0.25, -0.2) is 28.6 Å². The molecule has 0 amide bonds. The van der Waals surface area contributed by atoms with E-state index in [1.165, 1.54) is 23.3 Å². The molecule has 24 heteroatoms. The van der Waals surface area contributed by atoms with E-state index >= 15 is 0 Å². The predicted molar refractivity (Wildman–Crippen MR) is 146 cm³/mol. The first-order valence-electron chi connectivity index (χ1n) is 12.3. The lowest BCUT2D eigenvalue weighted by Gasteiger charge is -2.19. The monoisotopic (exact) mass is 681 g/mol. The van der Waals surface area contributed by atoms with Crippen LogP contribution in [0.2, 0.25) is 0 Å². The van der Waals surface area contributed by atoms with Gasteiger partial charge in [0, 0.05) is 11.6 Å². The number of imidazole rings is 1. The normalized spacial score (nSPS) is 23.6. The summed E-state index contributed by atoms with van der Waals surface area (Å²) in [5.41, 5.74) is 10.8. The van der Waals surface area contributed by atoms with E-state index < -0.39 is 54.6 Å². The van der Waals surface area contributed by atoms with E-state index in [0.29, 0.717) is 18.5 Å². The van der Waals surface area contributed by atoms with Gasteiger partial charge in [-0.2, -0.15) is 8.62 Å². The number of hydrogen-bond donors (Lipinski definition) is 9. The quantitative estimate of drug-likeness (QED) is 0.0876. The Labute approximate surface area is 245 Å². The van der Waals surface area contributed by atoms with Gasteiger partial charge in [-0.05, 0) is 36.7 Å². The smallest absolute Gasteiger partial charge is 0.490 e. The summed E-state index contributed by atoms with van der Waals surface area (Å²) in [6.45, 7) is -0.622. The van der Waals surface area contributed by atoms with Gasteiger partial charge in [0.1, 0.15) is 30.4 Å². The Morgan fingerprint density at radius 3 is 2.48 bits per heavy atom. The van der Waals surface area contributed by atoms with Crippen molar-refractivity contribution in [2.24, 2.45) is 5.73 Å². The van der Waals surface area contributed by atoms with Crippen LogP contribution >= 0.6 is 23.5 Å². The zero-order chi connectivity index (χ0) is 32.0. The molecule has 3 aromatic heterocycles. The fraction of sp³-hybridized carbons (Fsp3) is 0.350. The number of aromatic hydroxyl groups is 1. The second kappa shape index (κ2) is 12.2. The van der Waals surface area contributed by atoms with Crippen LogP contribution in [0.1, 0.15) is 11.8 Å². The van der Waals surface area contributed by atoms with Gasteiger partial charge in [0.2, 0.25) is 0 Å². The van der Waals surface area contributed by atoms with Crippen molar-refractivity contribution < 1.29 is 66.5 Å². The van der Waals surface area contributed by atoms with Gasteiger partial charge >= 0.3 is 23.5 Å². The highest BCUT2D eigenvalue weighted by Gasteiger charge is 2.47. The van der Waals surface area contributed by atoms with Crippen LogP contribution in [0.25, 0.3) is 22.1 Å². The molecule has 21 nitrogen and oxygen atoms in total. The molecule has 4 aromatic rings. The molecule has 4 heterocycles. The van der Waals surface area contributed by atoms with E-state index in [4.69, 9.17) is 20.3 Å². The average Bonchev–Trinajstić information content (AvgIpc) is 3.56. The maximum atomic E-state index is 12.1. The van der Waals surface area contributed by atoms with Gasteiger partial charge in [-0.1, -0.05) is 0 Å². The van der Waals surface area contributed by atoms with Crippen molar-refractivity contribution in [1.82, 2.24) is 24.2 Å². The fourth-order valence-electron chi connectivity index (χ4n) is 4.54. The second-order valence-corrected chi connectivity index (χ2v) is 13.8. The summed E-state index contributed by atoms with van der Waals surface area (Å²) in [5.74, 6) is 0.310. The molecule has 10 N–H and O–H groups in total. The van der Waals surface area contributed by atoms with Gasteiger partial charge in [-0.15, -0.1) is 0 Å². The highest BCUT2D eigenvalue weighted by molar-refractivity contribution is 7.66. The number of hydrogen-bond acceptors (Lipinski definition) is 15. The number of phenols is 1. The number of benzene rings is 1. The first-order valence-corrected chi connectivity index (χ1v) is 16.9. The minimum absolute atomic E-state index is 0.0781. The first kappa shape index (κ1) is 32.6. The molecule has 6 atom stereocenters. The van der Waals surface area contributed by atoms with E-state index in [-0.39, 0.29) is 22.7 Å². The molecular weight excluding hydrogens is 655 g/mol. The van der Waals surface area contributed by atoms with Gasteiger partial charge in [0.25, 0.3) is 0 Å². The number of phosphoric acid groups is 3. The lowest BCUT2D eigenvalue weighted by Crippen LogP contribution is -2.33. The van der Waals surface area contributed by atoms with E-state index in [2.05, 4.69) is 33.5 Å². The molecule has 0 radical (unpaired) electrons. The van der Waals surface area contributed by atoms with Crippen molar-refractivity contribution in [3.63, 3.8) is 0 Å². The van der Waals surface area contributed by atoms with Crippen molar-refractivity contribution in [2.75, 3.05) is 18.6 Å². The van der Waals surface area contributed by atoms with Gasteiger partial charge in [0.05, 0.1) is 18.5 Å². The number of fused-ring (bicyclic) bond motifs is 2. The molecule has 4 unspecified atom stereocenters. The van der Waals surface area contributed by atoms with Gasteiger partial charge < -0.3 is 45.4 Å². The van der Waals surface area contributed by atoms with Crippen LogP contribution in [0.5, 0.6) is 5.75 Å². The zero-order valence-electron chi connectivity index (χ0n) is 22.0. The Balaban J connectivity index is 1.34. The summed E-state index contributed by atoms with van der Waals surface area (Å²) < 4.78 is 54.7. The number of aromatic nitrogens is 5. The molecule has 1 fully saturated rings. The van der Waals surface area contributed by atoms with Gasteiger partial charge in [-0.3, -0.25) is 19.2 Å². The molecule has 44 heavy (non-hydrogen) atoms. The second-order valence-electron chi connectivity index (χ2n) is 9.36. The number of phosphoric ester groups is 1. The molecule has 0 aliphatic carbocycles. The Kier molecular flexibility index (Phi) is 9.00. The number of phenolic OH excluding ortho intramolecular Hbond substituents is 1. The number of nitrogens with zero attached hydrogens (tertiary/aromatic N) is 5. The number of rotatable bonds is 12. The fourth-order valence-corrected chi connectivity index (χ4v) is 7.56. The number of ether oxygens (including phenoxy) is 1. The molecule has 0 bridgehead atoms. The van der Waals surface area contributed by atoms with E-state index in [1.807, 2.05) is 0 Å². The van der Waals surface area contributed by atoms with E-state index in [1.54, 1.807) is 23.0 Å². The van der Waals surface area contributed by atoms with Crippen LogP contribution < -0.4 is 11.2 Å². The predicted octanol–water partition coefficient (Wildman–Crippen LogP) is -0.175. The van der Waals surface area contributed by atoms with Crippen LogP contribution in [-0.2, 0) is 38.0 Å². The largest absolute Gasteiger partial charge is 0.508 e. The summed E-state index contributed by atoms with van der Waals surface area (Å²) in [6.07, 6.45) is -1.51. The van der Waals surface area contributed by atoms with Crippen LogP contribution in [0.15, 0.2) is 37.1 Å². The number of nitrogens with one attached hydrogen (secondary N) is 1. The Morgan fingerprint density at radius 2 is 1.77 bits per heavy atom. The van der Waals surface area contributed by atoms with Crippen molar-refractivity contribution >= 4 is 51.4 Å². The van der Waals surface area contributed by atoms with Crippen molar-refractivity contribution in [1.29, 1.82) is 0 Å². The van der Waals surface area contributed by atoms with Crippen molar-refractivity contribution in [3.8, 4) is 5.75 Å². The highest BCUT2D eigenvalue weighted by atomic mass is 31.3. The third-order valence-corrected chi connectivity index (χ3v) is 10.1. The van der Waals surface area contributed by atoms with Crippen LogP contribution in [-0.4, -0.2) is 90.6 Å².